The highest BCUT2D eigenvalue weighted by molar-refractivity contribution is 8.01. The molecule has 0 radical (unpaired) electrons. The van der Waals surface area contributed by atoms with E-state index < -0.39 is 0 Å². The fraction of sp³-hybridized carbons (Fsp3) is 0.150. The molecule has 3 rings (SSSR count). The lowest BCUT2D eigenvalue weighted by atomic mass is 10.2. The van der Waals surface area contributed by atoms with Gasteiger partial charge in [0.25, 0.3) is 0 Å². The van der Waals surface area contributed by atoms with Crippen molar-refractivity contribution in [2.24, 2.45) is 0 Å². The third kappa shape index (κ3) is 7.04. The van der Waals surface area contributed by atoms with Crippen molar-refractivity contribution in [3.05, 3.63) is 75.2 Å². The minimum absolute atomic E-state index is 0.132. The molecule has 0 spiro atoms. The quantitative estimate of drug-likeness (QED) is 0.457. The molecule has 1 heterocycles. The maximum atomic E-state index is 12.1. The molecule has 2 N–H and O–H groups in total. The van der Waals surface area contributed by atoms with Crippen LogP contribution in [0.4, 0.5) is 5.69 Å². The van der Waals surface area contributed by atoms with E-state index in [0.29, 0.717) is 28.0 Å². The number of nitrogens with zero attached hydrogens (tertiary/aromatic N) is 1. The van der Waals surface area contributed by atoms with Crippen LogP contribution in [0.25, 0.3) is 0 Å². The summed E-state index contributed by atoms with van der Waals surface area (Å²) in [5.41, 5.74) is 2.23. The number of anilines is 1. The van der Waals surface area contributed by atoms with Crippen molar-refractivity contribution < 1.29 is 9.59 Å². The zero-order chi connectivity index (χ0) is 20.6. The number of thiazole rings is 1. The Kier molecular flexibility index (Phi) is 7.94. The van der Waals surface area contributed by atoms with Crippen LogP contribution in [0.5, 0.6) is 0 Å². The molecule has 0 fully saturated rings. The topological polar surface area (TPSA) is 71.1 Å². The van der Waals surface area contributed by atoms with E-state index in [1.165, 1.54) is 23.1 Å². The van der Waals surface area contributed by atoms with Gasteiger partial charge in [0, 0.05) is 27.7 Å². The Morgan fingerprint density at radius 1 is 1.03 bits per heavy atom. The number of hydrogen-bond acceptors (Lipinski definition) is 5. The van der Waals surface area contributed by atoms with Crippen LogP contribution >= 0.6 is 46.3 Å². The van der Waals surface area contributed by atoms with E-state index in [-0.39, 0.29) is 24.0 Å². The molecule has 9 heteroatoms. The van der Waals surface area contributed by atoms with Gasteiger partial charge < -0.3 is 10.6 Å². The molecule has 29 heavy (non-hydrogen) atoms. The van der Waals surface area contributed by atoms with Gasteiger partial charge in [0.05, 0.1) is 17.9 Å². The van der Waals surface area contributed by atoms with Gasteiger partial charge >= 0.3 is 0 Å². The van der Waals surface area contributed by atoms with Crippen molar-refractivity contribution in [3.63, 3.8) is 0 Å². The SMILES string of the molecule is O=C(Cc1csc(SCC(=O)Nc2ccc(Cl)cc2)n1)NCc1ccccc1Cl. The second-order valence-corrected chi connectivity index (χ2v) is 8.92. The number of amides is 2. The molecule has 0 atom stereocenters. The first-order valence-corrected chi connectivity index (χ1v) is 11.2. The van der Waals surface area contributed by atoms with Gasteiger partial charge in [-0.3, -0.25) is 9.59 Å². The molecule has 3 aromatic rings. The largest absolute Gasteiger partial charge is 0.352 e. The lowest BCUT2D eigenvalue weighted by molar-refractivity contribution is -0.120. The molecule has 0 bridgehead atoms. The first-order valence-electron chi connectivity index (χ1n) is 8.62. The number of benzene rings is 2. The van der Waals surface area contributed by atoms with Crippen molar-refractivity contribution in [2.45, 2.75) is 17.3 Å². The van der Waals surface area contributed by atoms with Crippen LogP contribution in [0.3, 0.4) is 0 Å². The summed E-state index contributed by atoms with van der Waals surface area (Å²) in [6.07, 6.45) is 0.179. The van der Waals surface area contributed by atoms with Crippen molar-refractivity contribution >= 4 is 63.8 Å². The smallest absolute Gasteiger partial charge is 0.234 e. The molecule has 5 nitrogen and oxygen atoms in total. The molecule has 0 unspecified atom stereocenters. The second kappa shape index (κ2) is 10.6. The molecule has 2 aromatic carbocycles. The van der Waals surface area contributed by atoms with Gasteiger partial charge in [-0.05, 0) is 35.9 Å². The minimum atomic E-state index is -0.133. The van der Waals surface area contributed by atoms with E-state index in [1.807, 2.05) is 23.6 Å². The summed E-state index contributed by atoms with van der Waals surface area (Å²) in [6, 6.07) is 14.3. The Labute approximate surface area is 186 Å². The molecule has 0 aliphatic heterocycles. The molecule has 0 saturated heterocycles. The van der Waals surface area contributed by atoms with E-state index in [2.05, 4.69) is 15.6 Å². The van der Waals surface area contributed by atoms with Crippen LogP contribution < -0.4 is 10.6 Å². The number of thioether (sulfide) groups is 1. The fourth-order valence-corrected chi connectivity index (χ4v) is 4.33. The maximum Gasteiger partial charge on any atom is 0.234 e. The first-order chi connectivity index (χ1) is 14.0. The molecular formula is C20H17Cl2N3O2S2. The van der Waals surface area contributed by atoms with E-state index >= 15 is 0 Å². The molecule has 150 valence electrons. The molecule has 0 aliphatic rings. The summed E-state index contributed by atoms with van der Waals surface area (Å²) in [4.78, 5) is 28.6. The predicted molar refractivity (Wildman–Crippen MR) is 120 cm³/mol. The average molecular weight is 466 g/mol. The summed E-state index contributed by atoms with van der Waals surface area (Å²) in [7, 11) is 0. The molecular weight excluding hydrogens is 449 g/mol. The van der Waals surface area contributed by atoms with Gasteiger partial charge in [0.2, 0.25) is 11.8 Å². The van der Waals surface area contributed by atoms with E-state index in [9.17, 15) is 9.59 Å². The number of carbonyl (C=O) groups excluding carboxylic acids is 2. The maximum absolute atomic E-state index is 12.1. The van der Waals surface area contributed by atoms with E-state index in [4.69, 9.17) is 23.2 Å². The number of nitrogens with one attached hydrogen (secondary N) is 2. The number of carbonyl (C=O) groups is 2. The van der Waals surface area contributed by atoms with E-state index in [1.54, 1.807) is 30.3 Å². The number of halogens is 2. The standard InChI is InChI=1S/C20H17Cl2N3O2S2/c21-14-5-7-15(8-6-14)24-19(27)12-29-20-25-16(11-28-20)9-18(26)23-10-13-3-1-2-4-17(13)22/h1-8,11H,9-10,12H2,(H,23,26)(H,24,27). The van der Waals surface area contributed by atoms with Crippen molar-refractivity contribution in [1.29, 1.82) is 0 Å². The van der Waals surface area contributed by atoms with Crippen molar-refractivity contribution in [3.8, 4) is 0 Å². The number of hydrogen-bond donors (Lipinski definition) is 2. The monoisotopic (exact) mass is 465 g/mol. The third-order valence-corrected chi connectivity index (χ3v) is 6.45. The molecule has 0 saturated carbocycles. The number of rotatable bonds is 8. The Morgan fingerprint density at radius 2 is 1.79 bits per heavy atom. The molecule has 0 aliphatic carbocycles. The zero-order valence-electron chi connectivity index (χ0n) is 15.2. The lowest BCUT2D eigenvalue weighted by Gasteiger charge is -2.06. The van der Waals surface area contributed by atoms with E-state index in [0.717, 1.165) is 9.90 Å². The Hall–Kier alpha value is -2.06. The zero-order valence-corrected chi connectivity index (χ0v) is 18.3. The van der Waals surface area contributed by atoms with Crippen LogP contribution in [0.2, 0.25) is 10.0 Å². The summed E-state index contributed by atoms with van der Waals surface area (Å²) >= 11 is 14.7. The van der Waals surface area contributed by atoms with Crippen LogP contribution in [-0.4, -0.2) is 22.6 Å². The van der Waals surface area contributed by atoms with Gasteiger partial charge in [-0.25, -0.2) is 4.98 Å². The highest BCUT2D eigenvalue weighted by atomic mass is 35.5. The van der Waals surface area contributed by atoms with Crippen LogP contribution in [-0.2, 0) is 22.6 Å². The highest BCUT2D eigenvalue weighted by Crippen LogP contribution is 2.23. The summed E-state index contributed by atoms with van der Waals surface area (Å²) in [5, 5.41) is 8.70. The van der Waals surface area contributed by atoms with Gasteiger partial charge in [-0.1, -0.05) is 53.2 Å². The first kappa shape index (κ1) is 21.6. The van der Waals surface area contributed by atoms with Crippen LogP contribution in [0.1, 0.15) is 11.3 Å². The van der Waals surface area contributed by atoms with Crippen molar-refractivity contribution in [1.82, 2.24) is 10.3 Å². The fourth-order valence-electron chi connectivity index (χ4n) is 2.36. The summed E-state index contributed by atoms with van der Waals surface area (Å²) in [6.45, 7) is 0.370. The Morgan fingerprint density at radius 3 is 2.55 bits per heavy atom. The predicted octanol–water partition coefficient (Wildman–Crippen LogP) is 5.04. The molecule has 1 aromatic heterocycles. The summed E-state index contributed by atoms with van der Waals surface area (Å²) < 4.78 is 0.741. The Bertz CT molecular complexity index is 993. The number of aromatic nitrogens is 1. The van der Waals surface area contributed by atoms with Crippen LogP contribution in [0.15, 0.2) is 58.3 Å². The lowest BCUT2D eigenvalue weighted by Crippen LogP contribution is -2.24. The van der Waals surface area contributed by atoms with Gasteiger partial charge in [-0.2, -0.15) is 0 Å². The molecule has 2 amide bonds. The second-order valence-electron chi connectivity index (χ2n) is 5.99. The Balaban J connectivity index is 1.42. The normalized spacial score (nSPS) is 10.6. The highest BCUT2D eigenvalue weighted by Gasteiger charge is 2.11. The van der Waals surface area contributed by atoms with Gasteiger partial charge in [0.15, 0.2) is 4.34 Å². The van der Waals surface area contributed by atoms with Crippen LogP contribution in [0, 0.1) is 0 Å². The van der Waals surface area contributed by atoms with Gasteiger partial charge in [0.1, 0.15) is 0 Å². The van der Waals surface area contributed by atoms with Gasteiger partial charge in [-0.15, -0.1) is 11.3 Å². The average Bonchev–Trinajstić information content (AvgIpc) is 3.15. The third-order valence-electron chi connectivity index (χ3n) is 3.76. The minimum Gasteiger partial charge on any atom is -0.352 e. The summed E-state index contributed by atoms with van der Waals surface area (Å²) in [5.74, 6) is -0.0346. The van der Waals surface area contributed by atoms with Crippen molar-refractivity contribution in [2.75, 3.05) is 11.1 Å².